The summed E-state index contributed by atoms with van der Waals surface area (Å²) >= 11 is 0. The molecule has 1 aromatic rings. The van der Waals surface area contributed by atoms with Gasteiger partial charge in [-0.05, 0) is 18.4 Å². The zero-order valence-corrected chi connectivity index (χ0v) is 17.9. The van der Waals surface area contributed by atoms with Crippen LogP contribution in [0.2, 0.25) is 0 Å². The van der Waals surface area contributed by atoms with Gasteiger partial charge in [0.05, 0.1) is 6.10 Å². The van der Waals surface area contributed by atoms with Crippen LogP contribution >= 0.6 is 0 Å². The quantitative estimate of drug-likeness (QED) is 0.371. The molecule has 0 aliphatic heterocycles. The number of carbonyl (C=O) groups is 1. The summed E-state index contributed by atoms with van der Waals surface area (Å²) in [6.45, 7) is 5.22. The Morgan fingerprint density at radius 1 is 1.00 bits per heavy atom. The second kappa shape index (κ2) is 15.5. The van der Waals surface area contributed by atoms with Crippen molar-refractivity contribution in [2.75, 3.05) is 13.1 Å². The van der Waals surface area contributed by atoms with E-state index in [0.29, 0.717) is 13.1 Å². The molecule has 0 heterocycles. The summed E-state index contributed by atoms with van der Waals surface area (Å²) < 4.78 is 6.45. The number of amides is 1. The van der Waals surface area contributed by atoms with Crippen molar-refractivity contribution in [2.24, 2.45) is 11.5 Å². The van der Waals surface area contributed by atoms with E-state index in [1.54, 1.807) is 0 Å². The van der Waals surface area contributed by atoms with Crippen molar-refractivity contribution in [1.29, 1.82) is 0 Å². The van der Waals surface area contributed by atoms with Gasteiger partial charge in [0.15, 0.2) is 0 Å². The van der Waals surface area contributed by atoms with Crippen molar-refractivity contribution in [3.63, 3.8) is 0 Å². The predicted molar refractivity (Wildman–Crippen MR) is 117 cm³/mol. The molecule has 0 fully saturated rings. The van der Waals surface area contributed by atoms with Crippen molar-refractivity contribution in [1.82, 2.24) is 5.32 Å². The zero-order valence-electron chi connectivity index (χ0n) is 17.9. The number of carbonyl (C=O) groups excluding carboxylic acids is 1. The molecule has 3 atom stereocenters. The second-order valence-corrected chi connectivity index (χ2v) is 7.54. The number of nitrogens with two attached hydrogens (primary N) is 2. The number of hydrogen-bond acceptors (Lipinski definition) is 4. The maximum absolute atomic E-state index is 12.4. The van der Waals surface area contributed by atoms with Gasteiger partial charge in [0.1, 0.15) is 12.1 Å². The van der Waals surface area contributed by atoms with E-state index < -0.39 is 12.1 Å². The minimum Gasteiger partial charge on any atom is -0.368 e. The standard InChI is InChI=1S/C23H41N3O2/c1-3-5-6-7-8-12-16-20(13-4-2)28-22(19-14-10-9-11-15-19)21(25)23(27)26-18-17-24/h9-11,14-15,20-22H,3-8,12-13,16-18,24-25H2,1-2H3,(H,26,27). The SMILES string of the molecule is CCCCCCCCC(CCC)OC(c1ccccc1)C(N)C(=O)NCCN. The molecule has 28 heavy (non-hydrogen) atoms. The largest absolute Gasteiger partial charge is 0.368 e. The summed E-state index contributed by atoms with van der Waals surface area (Å²) in [5.74, 6) is -0.214. The molecule has 3 unspecified atom stereocenters. The van der Waals surface area contributed by atoms with E-state index in [-0.39, 0.29) is 12.0 Å². The van der Waals surface area contributed by atoms with Crippen LogP contribution in [0.4, 0.5) is 0 Å². The fourth-order valence-electron chi connectivity index (χ4n) is 3.43. The van der Waals surface area contributed by atoms with Crippen LogP contribution in [0, 0.1) is 0 Å². The van der Waals surface area contributed by atoms with Crippen molar-refractivity contribution < 1.29 is 9.53 Å². The minimum absolute atomic E-state index is 0.120. The van der Waals surface area contributed by atoms with Gasteiger partial charge < -0.3 is 21.5 Å². The Morgan fingerprint density at radius 3 is 2.32 bits per heavy atom. The Balaban J connectivity index is 2.73. The fourth-order valence-corrected chi connectivity index (χ4v) is 3.43. The van der Waals surface area contributed by atoms with Crippen molar-refractivity contribution in [2.45, 2.75) is 89.9 Å². The third-order valence-corrected chi connectivity index (χ3v) is 5.03. The van der Waals surface area contributed by atoms with E-state index in [1.165, 1.54) is 32.1 Å². The Kier molecular flexibility index (Phi) is 13.6. The Morgan fingerprint density at radius 2 is 1.68 bits per heavy atom. The monoisotopic (exact) mass is 391 g/mol. The van der Waals surface area contributed by atoms with Crippen LogP contribution in [0.3, 0.4) is 0 Å². The fraction of sp³-hybridized carbons (Fsp3) is 0.696. The lowest BCUT2D eigenvalue weighted by molar-refractivity contribution is -0.128. The van der Waals surface area contributed by atoms with Crippen LogP contribution in [0.15, 0.2) is 30.3 Å². The average molecular weight is 392 g/mol. The molecular formula is C23H41N3O2. The second-order valence-electron chi connectivity index (χ2n) is 7.54. The van der Waals surface area contributed by atoms with Gasteiger partial charge in [0.25, 0.3) is 0 Å². The number of benzene rings is 1. The van der Waals surface area contributed by atoms with Crippen LogP contribution in [0.5, 0.6) is 0 Å². The molecule has 5 N–H and O–H groups in total. The van der Waals surface area contributed by atoms with Crippen LogP contribution in [-0.4, -0.2) is 31.1 Å². The van der Waals surface area contributed by atoms with E-state index >= 15 is 0 Å². The molecule has 0 bridgehead atoms. The van der Waals surface area contributed by atoms with Crippen LogP contribution in [0.1, 0.15) is 83.3 Å². The molecule has 0 saturated heterocycles. The molecule has 5 heteroatoms. The lowest BCUT2D eigenvalue weighted by Crippen LogP contribution is -2.47. The first-order valence-electron chi connectivity index (χ1n) is 11.1. The van der Waals surface area contributed by atoms with E-state index in [2.05, 4.69) is 19.2 Å². The molecule has 1 amide bonds. The molecule has 1 rings (SSSR count). The molecule has 0 aromatic heterocycles. The van der Waals surface area contributed by atoms with Crippen molar-refractivity contribution >= 4 is 5.91 Å². The van der Waals surface area contributed by atoms with Crippen molar-refractivity contribution in [3.05, 3.63) is 35.9 Å². The highest BCUT2D eigenvalue weighted by Gasteiger charge is 2.29. The summed E-state index contributed by atoms with van der Waals surface area (Å²) in [6.07, 6.45) is 10.3. The molecule has 0 spiro atoms. The third kappa shape index (κ3) is 9.67. The smallest absolute Gasteiger partial charge is 0.240 e. The van der Waals surface area contributed by atoms with Gasteiger partial charge >= 0.3 is 0 Å². The van der Waals surface area contributed by atoms with Crippen molar-refractivity contribution in [3.8, 4) is 0 Å². The van der Waals surface area contributed by atoms with Gasteiger partial charge in [-0.1, -0.05) is 89.1 Å². The summed E-state index contributed by atoms with van der Waals surface area (Å²) in [7, 11) is 0. The minimum atomic E-state index is -0.752. The first kappa shape index (κ1) is 24.6. The van der Waals surface area contributed by atoms with Crippen LogP contribution in [0.25, 0.3) is 0 Å². The van der Waals surface area contributed by atoms with Gasteiger partial charge in [-0.3, -0.25) is 4.79 Å². The topological polar surface area (TPSA) is 90.4 Å². The molecule has 0 aliphatic rings. The van der Waals surface area contributed by atoms with E-state index in [1.807, 2.05) is 30.3 Å². The normalized spacial score (nSPS) is 14.4. The molecule has 0 aliphatic carbocycles. The molecule has 1 aromatic carbocycles. The van der Waals surface area contributed by atoms with Gasteiger partial charge in [0.2, 0.25) is 5.91 Å². The molecule has 0 radical (unpaired) electrons. The summed E-state index contributed by atoms with van der Waals surface area (Å²) in [5, 5.41) is 2.79. The molecule has 160 valence electrons. The highest BCUT2D eigenvalue weighted by molar-refractivity contribution is 5.82. The Bertz CT molecular complexity index is 510. The lowest BCUT2D eigenvalue weighted by Gasteiger charge is -2.29. The van der Waals surface area contributed by atoms with E-state index in [4.69, 9.17) is 16.2 Å². The van der Waals surface area contributed by atoms with Gasteiger partial charge in [-0.2, -0.15) is 0 Å². The lowest BCUT2D eigenvalue weighted by atomic mass is 10.00. The maximum Gasteiger partial charge on any atom is 0.240 e. The molecular weight excluding hydrogens is 350 g/mol. The summed E-state index contributed by atoms with van der Waals surface area (Å²) in [6, 6.07) is 9.08. The highest BCUT2D eigenvalue weighted by atomic mass is 16.5. The Labute approximate surface area is 171 Å². The summed E-state index contributed by atoms with van der Waals surface area (Å²) in [5.41, 5.74) is 12.8. The number of unbranched alkanes of at least 4 members (excludes halogenated alkanes) is 5. The van der Waals surface area contributed by atoms with Gasteiger partial charge in [-0.25, -0.2) is 0 Å². The number of rotatable bonds is 16. The Hall–Kier alpha value is -1.43. The maximum atomic E-state index is 12.4. The third-order valence-electron chi connectivity index (χ3n) is 5.03. The average Bonchev–Trinajstić information content (AvgIpc) is 2.72. The summed E-state index contributed by atoms with van der Waals surface area (Å²) in [4.78, 5) is 12.4. The predicted octanol–water partition coefficient (Wildman–Crippen LogP) is 4.07. The van der Waals surface area contributed by atoms with E-state index in [0.717, 1.165) is 31.2 Å². The van der Waals surface area contributed by atoms with Crippen LogP contribution in [-0.2, 0) is 9.53 Å². The number of nitrogens with one attached hydrogen (secondary N) is 1. The van der Waals surface area contributed by atoms with Crippen LogP contribution < -0.4 is 16.8 Å². The first-order chi connectivity index (χ1) is 13.6. The van der Waals surface area contributed by atoms with Gasteiger partial charge in [0, 0.05) is 13.1 Å². The molecule has 5 nitrogen and oxygen atoms in total. The molecule has 0 saturated carbocycles. The number of hydrogen-bond donors (Lipinski definition) is 3. The zero-order chi connectivity index (χ0) is 20.6. The highest BCUT2D eigenvalue weighted by Crippen LogP contribution is 2.26. The first-order valence-corrected chi connectivity index (χ1v) is 11.1. The van der Waals surface area contributed by atoms with E-state index in [9.17, 15) is 4.79 Å². The number of ether oxygens (including phenoxy) is 1. The van der Waals surface area contributed by atoms with Gasteiger partial charge in [-0.15, -0.1) is 0 Å².